The molecule has 2 rings (SSSR count). The van der Waals surface area contributed by atoms with Gasteiger partial charge in [0.1, 0.15) is 0 Å². The van der Waals surface area contributed by atoms with Crippen LogP contribution in [0.5, 0.6) is 0 Å². The maximum atomic E-state index is 11.4. The van der Waals surface area contributed by atoms with Crippen LogP contribution in [-0.2, 0) is 24.0 Å². The van der Waals surface area contributed by atoms with Crippen LogP contribution in [0.25, 0.3) is 0 Å². The van der Waals surface area contributed by atoms with E-state index >= 15 is 0 Å². The van der Waals surface area contributed by atoms with Crippen molar-refractivity contribution in [3.05, 3.63) is 12.2 Å². The number of nitrogens with zero attached hydrogens (tertiary/aromatic N) is 1. The quantitative estimate of drug-likeness (QED) is 0.292. The summed E-state index contributed by atoms with van der Waals surface area (Å²) >= 11 is 0. The zero-order chi connectivity index (χ0) is 19.7. The van der Waals surface area contributed by atoms with Gasteiger partial charge in [0.25, 0.3) is 11.8 Å². The highest BCUT2D eigenvalue weighted by Crippen LogP contribution is 2.29. The third kappa shape index (κ3) is 7.01. The van der Waals surface area contributed by atoms with Crippen molar-refractivity contribution in [1.29, 1.82) is 0 Å². The van der Waals surface area contributed by atoms with Crippen LogP contribution in [0, 0.1) is 11.8 Å². The second kappa shape index (κ2) is 10.3. The normalized spacial score (nSPS) is 21.8. The van der Waals surface area contributed by atoms with Gasteiger partial charge in [-0.05, 0) is 31.6 Å². The molecule has 0 aromatic carbocycles. The maximum Gasteiger partial charge on any atom is 0.306 e. The van der Waals surface area contributed by atoms with Crippen LogP contribution in [0.2, 0.25) is 0 Å². The molecule has 0 radical (unpaired) electrons. The molecular weight excluding hydrogens is 348 g/mol. The summed E-state index contributed by atoms with van der Waals surface area (Å²) in [6.45, 7) is 0.428. The number of nitrogens with one attached hydrogen (secondary N) is 1. The summed E-state index contributed by atoms with van der Waals surface area (Å²) in [7, 11) is 0. The van der Waals surface area contributed by atoms with Crippen LogP contribution in [-0.4, -0.2) is 56.5 Å². The van der Waals surface area contributed by atoms with Crippen molar-refractivity contribution in [1.82, 2.24) is 10.4 Å². The van der Waals surface area contributed by atoms with Gasteiger partial charge in [0.15, 0.2) is 0 Å². The Bertz CT molecular complexity index is 575. The molecule has 26 heavy (non-hydrogen) atoms. The van der Waals surface area contributed by atoms with Crippen molar-refractivity contribution in [2.75, 3.05) is 6.54 Å². The second-order valence-corrected chi connectivity index (χ2v) is 6.11. The summed E-state index contributed by atoms with van der Waals surface area (Å²) in [5.41, 5.74) is 1.32. The van der Waals surface area contributed by atoms with Gasteiger partial charge in [-0.2, -0.15) is 0 Å². The number of carboxylic acids is 2. The monoisotopic (exact) mass is 370 g/mol. The number of carboxylic acid groups (broad SMARTS) is 2. The van der Waals surface area contributed by atoms with Crippen LogP contribution in [0.1, 0.15) is 38.5 Å². The number of amides is 3. The predicted molar refractivity (Wildman–Crippen MR) is 85.7 cm³/mol. The highest BCUT2D eigenvalue weighted by atomic mass is 16.5. The lowest BCUT2D eigenvalue weighted by Gasteiger charge is -2.28. The van der Waals surface area contributed by atoms with Gasteiger partial charge >= 0.3 is 11.9 Å². The third-order valence-electron chi connectivity index (χ3n) is 4.23. The summed E-state index contributed by atoms with van der Waals surface area (Å²) in [4.78, 5) is 54.6. The van der Waals surface area contributed by atoms with Crippen molar-refractivity contribution in [3.8, 4) is 0 Å². The molecule has 1 saturated carbocycles. The zero-order valence-electron chi connectivity index (χ0n) is 14.1. The Balaban J connectivity index is 0.000000321. The lowest BCUT2D eigenvalue weighted by atomic mass is 9.82. The van der Waals surface area contributed by atoms with Crippen molar-refractivity contribution in [2.24, 2.45) is 11.8 Å². The molecule has 1 fully saturated rings. The molecule has 0 atom stereocenters. The van der Waals surface area contributed by atoms with Gasteiger partial charge in [-0.3, -0.25) is 34.1 Å². The van der Waals surface area contributed by atoms with Crippen LogP contribution >= 0.6 is 0 Å². The number of imide groups is 1. The predicted octanol–water partition coefficient (Wildman–Crippen LogP) is 0.159. The fraction of sp³-hybridized carbons (Fsp3) is 0.562. The van der Waals surface area contributed by atoms with Crippen molar-refractivity contribution in [2.45, 2.75) is 38.5 Å². The van der Waals surface area contributed by atoms with E-state index in [1.54, 1.807) is 0 Å². The van der Waals surface area contributed by atoms with Gasteiger partial charge in [0.05, 0.1) is 12.3 Å². The summed E-state index contributed by atoms with van der Waals surface area (Å²) in [6.07, 6.45) is 4.95. The Labute approximate surface area is 149 Å². The molecule has 1 aliphatic heterocycles. The van der Waals surface area contributed by atoms with Gasteiger partial charge < -0.3 is 10.2 Å². The van der Waals surface area contributed by atoms with E-state index < -0.39 is 17.8 Å². The fourth-order valence-corrected chi connectivity index (χ4v) is 2.74. The maximum absolute atomic E-state index is 11.4. The first-order valence-electron chi connectivity index (χ1n) is 8.15. The number of hydrogen-bond acceptors (Lipinski definition) is 6. The average molecular weight is 370 g/mol. The number of aliphatic carboxylic acids is 2. The van der Waals surface area contributed by atoms with Gasteiger partial charge in [-0.1, -0.05) is 0 Å². The molecular formula is C16H22N2O8. The minimum absolute atomic E-state index is 0.189. The summed E-state index contributed by atoms with van der Waals surface area (Å²) in [5.74, 6) is -2.99. The Kier molecular flexibility index (Phi) is 8.43. The van der Waals surface area contributed by atoms with E-state index in [1.165, 1.54) is 22.5 Å². The molecule has 0 unspecified atom stereocenters. The largest absolute Gasteiger partial charge is 0.481 e. The SMILES string of the molecule is O=C(O)C1CCC(CN2C(=O)C=CC2=O)CC1.O=C(O)CCC(=O)NO. The molecule has 3 amide bonds. The van der Waals surface area contributed by atoms with Gasteiger partial charge in [-0.15, -0.1) is 0 Å². The number of rotatable bonds is 6. The molecule has 0 aromatic rings. The third-order valence-corrected chi connectivity index (χ3v) is 4.23. The van der Waals surface area contributed by atoms with Crippen molar-refractivity contribution < 1.29 is 39.4 Å². The smallest absolute Gasteiger partial charge is 0.306 e. The Morgan fingerprint density at radius 1 is 1.00 bits per heavy atom. The van der Waals surface area contributed by atoms with E-state index in [2.05, 4.69) is 0 Å². The number of carbonyl (C=O) groups excluding carboxylic acids is 3. The minimum Gasteiger partial charge on any atom is -0.481 e. The molecule has 0 aromatic heterocycles. The van der Waals surface area contributed by atoms with Gasteiger partial charge in [0, 0.05) is 25.1 Å². The fourth-order valence-electron chi connectivity index (χ4n) is 2.74. The van der Waals surface area contributed by atoms with E-state index in [9.17, 15) is 24.0 Å². The van der Waals surface area contributed by atoms with Crippen molar-refractivity contribution in [3.63, 3.8) is 0 Å². The first-order valence-corrected chi connectivity index (χ1v) is 8.15. The van der Waals surface area contributed by atoms with E-state index in [4.69, 9.17) is 15.4 Å². The minimum atomic E-state index is -1.06. The second-order valence-electron chi connectivity index (χ2n) is 6.11. The molecule has 1 heterocycles. The zero-order valence-corrected chi connectivity index (χ0v) is 14.1. The molecule has 4 N–H and O–H groups in total. The van der Waals surface area contributed by atoms with Crippen molar-refractivity contribution >= 4 is 29.7 Å². The highest BCUT2D eigenvalue weighted by Gasteiger charge is 2.30. The van der Waals surface area contributed by atoms with Gasteiger partial charge in [-0.25, -0.2) is 5.48 Å². The topological polar surface area (TPSA) is 161 Å². The standard InChI is InChI=1S/C12H15NO4.C4H7NO4/c14-10-5-6-11(15)13(10)7-8-1-3-9(4-2-8)12(16)17;6-3(5-9)1-2-4(7)8/h5-6,8-9H,1-4,7H2,(H,16,17);9H,1-2H2,(H,5,6)(H,7,8). The Morgan fingerprint density at radius 3 is 1.96 bits per heavy atom. The number of hydroxylamine groups is 1. The lowest BCUT2D eigenvalue weighted by molar-refractivity contribution is -0.144. The van der Waals surface area contributed by atoms with E-state index in [0.717, 1.165) is 12.8 Å². The molecule has 144 valence electrons. The molecule has 0 spiro atoms. The van der Waals surface area contributed by atoms with Crippen LogP contribution in [0.15, 0.2) is 12.2 Å². The molecule has 0 bridgehead atoms. The highest BCUT2D eigenvalue weighted by molar-refractivity contribution is 6.12. The van der Waals surface area contributed by atoms with Crippen LogP contribution < -0.4 is 5.48 Å². The molecule has 10 nitrogen and oxygen atoms in total. The lowest BCUT2D eigenvalue weighted by Crippen LogP contribution is -2.36. The van der Waals surface area contributed by atoms with Crippen LogP contribution in [0.3, 0.4) is 0 Å². The van der Waals surface area contributed by atoms with E-state index in [1.807, 2.05) is 0 Å². The average Bonchev–Trinajstić information content (AvgIpc) is 2.92. The summed E-state index contributed by atoms with van der Waals surface area (Å²) in [5, 5.41) is 24.7. The number of carbonyl (C=O) groups is 5. The molecule has 10 heteroatoms. The summed E-state index contributed by atoms with van der Waals surface area (Å²) < 4.78 is 0. The molecule has 2 aliphatic rings. The Morgan fingerprint density at radius 2 is 1.54 bits per heavy atom. The molecule has 1 aliphatic carbocycles. The van der Waals surface area contributed by atoms with Gasteiger partial charge in [0.2, 0.25) is 5.91 Å². The number of hydrogen-bond donors (Lipinski definition) is 4. The first kappa shape index (κ1) is 21.3. The van der Waals surface area contributed by atoms with E-state index in [-0.39, 0.29) is 36.5 Å². The first-order chi connectivity index (χ1) is 12.2. The molecule has 0 saturated heterocycles. The van der Waals surface area contributed by atoms with E-state index in [0.29, 0.717) is 19.4 Å². The Hall–Kier alpha value is -2.75. The van der Waals surface area contributed by atoms with Crippen LogP contribution in [0.4, 0.5) is 0 Å². The summed E-state index contributed by atoms with van der Waals surface area (Å²) in [6, 6.07) is 0.